The van der Waals surface area contributed by atoms with Gasteiger partial charge in [-0.1, -0.05) is 6.42 Å². The molecule has 1 aromatic heterocycles. The number of nitrogens with two attached hydrogens (primary N) is 1. The van der Waals surface area contributed by atoms with Gasteiger partial charge in [-0.3, -0.25) is 19.3 Å². The van der Waals surface area contributed by atoms with Crippen molar-refractivity contribution in [2.45, 2.75) is 50.7 Å². The number of hydrogen-bond acceptors (Lipinski definition) is 9. The van der Waals surface area contributed by atoms with Crippen LogP contribution >= 0.6 is 0 Å². The second-order valence-corrected chi connectivity index (χ2v) is 11.0. The van der Waals surface area contributed by atoms with Crippen LogP contribution in [0, 0.1) is 11.8 Å². The molecule has 10 heteroatoms. The molecule has 204 valence electrons. The molecule has 10 nitrogen and oxygen atoms in total. The molecule has 39 heavy (non-hydrogen) atoms. The van der Waals surface area contributed by atoms with Gasteiger partial charge in [0.25, 0.3) is 5.91 Å². The van der Waals surface area contributed by atoms with E-state index in [1.165, 1.54) is 6.26 Å². The minimum atomic E-state index is -2.58. The number of primary amides is 1. The summed E-state index contributed by atoms with van der Waals surface area (Å²) in [5, 5.41) is 45.3. The molecule has 2 aromatic rings. The van der Waals surface area contributed by atoms with Crippen molar-refractivity contribution in [3.63, 3.8) is 0 Å². The molecule has 4 aliphatic rings. The Hall–Kier alpha value is -3.89. The van der Waals surface area contributed by atoms with E-state index in [9.17, 15) is 34.8 Å². The van der Waals surface area contributed by atoms with E-state index in [1.807, 2.05) is 6.07 Å². The number of nitrogens with zero attached hydrogens (tertiary/aromatic N) is 1. The van der Waals surface area contributed by atoms with E-state index in [1.54, 1.807) is 12.3 Å². The van der Waals surface area contributed by atoms with E-state index in [-0.39, 0.29) is 36.1 Å². The number of aliphatic hydroxyl groups excluding tert-OH is 2. The molecule has 1 aliphatic heterocycles. The summed E-state index contributed by atoms with van der Waals surface area (Å²) >= 11 is 0. The summed E-state index contributed by atoms with van der Waals surface area (Å²) in [5.41, 5.74) is 4.56. The van der Waals surface area contributed by atoms with Crippen molar-refractivity contribution in [1.29, 1.82) is 0 Å². The third-order valence-corrected chi connectivity index (χ3v) is 8.82. The zero-order chi connectivity index (χ0) is 27.6. The third-order valence-electron chi connectivity index (χ3n) is 8.82. The first-order chi connectivity index (χ1) is 18.6. The van der Waals surface area contributed by atoms with E-state index in [0.717, 1.165) is 43.5 Å². The largest absolute Gasteiger partial charge is 0.508 e. The molecule has 6 N–H and O–H groups in total. The van der Waals surface area contributed by atoms with Gasteiger partial charge in [-0.15, -0.1) is 0 Å². The van der Waals surface area contributed by atoms with Gasteiger partial charge in [0.05, 0.1) is 18.1 Å². The predicted molar refractivity (Wildman–Crippen MR) is 138 cm³/mol. The van der Waals surface area contributed by atoms with Gasteiger partial charge >= 0.3 is 0 Å². The number of fused-ring (bicyclic) bond motifs is 3. The van der Waals surface area contributed by atoms with Gasteiger partial charge in [-0.25, -0.2) is 0 Å². The smallest absolute Gasteiger partial charge is 0.255 e. The topological polar surface area (TPSA) is 175 Å². The molecule has 3 aliphatic carbocycles. The molecule has 0 bridgehead atoms. The number of benzene rings is 1. The van der Waals surface area contributed by atoms with Crippen molar-refractivity contribution in [1.82, 2.24) is 4.90 Å². The van der Waals surface area contributed by atoms with Crippen molar-refractivity contribution in [2.75, 3.05) is 13.1 Å². The number of amides is 1. The number of phenols is 1. The second-order valence-electron chi connectivity index (χ2n) is 11.0. The van der Waals surface area contributed by atoms with Crippen molar-refractivity contribution in [3.05, 3.63) is 58.3 Å². The van der Waals surface area contributed by atoms with Crippen molar-refractivity contribution >= 4 is 23.2 Å². The van der Waals surface area contributed by atoms with Crippen LogP contribution in [0.2, 0.25) is 0 Å². The highest BCUT2D eigenvalue weighted by Crippen LogP contribution is 2.53. The molecule has 0 unspecified atom stereocenters. The number of aliphatic hydroxyl groups is 3. The lowest BCUT2D eigenvalue weighted by atomic mass is 9.59. The Morgan fingerprint density at radius 2 is 1.87 bits per heavy atom. The van der Waals surface area contributed by atoms with Gasteiger partial charge in [0.15, 0.2) is 11.4 Å². The van der Waals surface area contributed by atoms with Crippen molar-refractivity contribution in [2.24, 2.45) is 17.6 Å². The van der Waals surface area contributed by atoms with Crippen molar-refractivity contribution < 1.29 is 39.2 Å². The van der Waals surface area contributed by atoms with Crippen LogP contribution in [0.3, 0.4) is 0 Å². The predicted octanol–water partition coefficient (Wildman–Crippen LogP) is 2.67. The molecule has 3 atom stereocenters. The number of aromatic hydroxyl groups is 1. The first kappa shape index (κ1) is 25.4. The van der Waals surface area contributed by atoms with E-state index in [2.05, 4.69) is 4.90 Å². The summed E-state index contributed by atoms with van der Waals surface area (Å²) in [7, 11) is 0. The van der Waals surface area contributed by atoms with Crippen LogP contribution in [0.5, 0.6) is 5.75 Å². The standard InChI is InChI=1S/C29H30N2O8/c30-28(37)23-20(32)11-17-8-15-9-19-18(14-4-7-39-13-14)10-16(12-31-5-2-1-3-6-31)24(33)22(19)25(34)21(15)26(35)29(17,38)27(23)36/h4,7,10,13,15,17,33-34,36,38H,1-3,5-6,8-9,11-12H2,(H2,30,37)/t15-,17+,29+/m1/s1. The van der Waals surface area contributed by atoms with Crippen LogP contribution in [0.1, 0.15) is 48.8 Å². The lowest BCUT2D eigenvalue weighted by molar-refractivity contribution is -0.147. The van der Waals surface area contributed by atoms with Gasteiger partial charge < -0.3 is 30.6 Å². The van der Waals surface area contributed by atoms with Crippen molar-refractivity contribution in [3.8, 4) is 16.9 Å². The fourth-order valence-corrected chi connectivity index (χ4v) is 6.90. The summed E-state index contributed by atoms with van der Waals surface area (Å²) in [4.78, 5) is 40.5. The summed E-state index contributed by atoms with van der Waals surface area (Å²) in [5.74, 6) is -6.28. The molecule has 0 spiro atoms. The maximum Gasteiger partial charge on any atom is 0.255 e. The summed E-state index contributed by atoms with van der Waals surface area (Å²) < 4.78 is 5.32. The van der Waals surface area contributed by atoms with E-state index in [0.29, 0.717) is 17.7 Å². The number of piperidine rings is 1. The molecule has 1 saturated carbocycles. The van der Waals surface area contributed by atoms with Crippen LogP contribution < -0.4 is 5.73 Å². The lowest BCUT2D eigenvalue weighted by Gasteiger charge is -2.46. The van der Waals surface area contributed by atoms with Gasteiger partial charge in [0, 0.05) is 35.6 Å². The molecular formula is C29H30N2O8. The van der Waals surface area contributed by atoms with Crippen LogP contribution in [-0.4, -0.2) is 61.5 Å². The Bertz CT molecular complexity index is 1460. The van der Waals surface area contributed by atoms with Crippen LogP contribution in [0.15, 0.2) is 46.0 Å². The number of furan rings is 1. The highest BCUT2D eigenvalue weighted by atomic mass is 16.3. The minimum Gasteiger partial charge on any atom is -0.508 e. The monoisotopic (exact) mass is 534 g/mol. The number of carbonyl (C=O) groups is 3. The average Bonchev–Trinajstić information content (AvgIpc) is 3.43. The quantitative estimate of drug-likeness (QED) is 0.369. The van der Waals surface area contributed by atoms with Crippen LogP contribution in [-0.2, 0) is 27.3 Å². The van der Waals surface area contributed by atoms with Gasteiger partial charge in [0.1, 0.15) is 22.8 Å². The molecule has 1 aromatic carbocycles. The highest BCUT2D eigenvalue weighted by Gasteiger charge is 2.60. The number of rotatable bonds is 4. The Morgan fingerprint density at radius 3 is 2.54 bits per heavy atom. The Balaban J connectivity index is 1.52. The lowest BCUT2D eigenvalue weighted by Crippen LogP contribution is -2.58. The molecule has 2 heterocycles. The van der Waals surface area contributed by atoms with Gasteiger partial charge in [-0.05, 0) is 68.0 Å². The zero-order valence-electron chi connectivity index (χ0n) is 21.3. The summed E-state index contributed by atoms with van der Waals surface area (Å²) in [6.45, 7) is 2.21. The highest BCUT2D eigenvalue weighted by molar-refractivity contribution is 6.22. The van der Waals surface area contributed by atoms with Crippen LogP contribution in [0.4, 0.5) is 0 Å². The zero-order valence-corrected chi connectivity index (χ0v) is 21.3. The number of phenolic OH excluding ortho intramolecular Hbond substituents is 1. The maximum absolute atomic E-state index is 13.8. The van der Waals surface area contributed by atoms with E-state index in [4.69, 9.17) is 10.2 Å². The normalized spacial score (nSPS) is 27.3. The summed E-state index contributed by atoms with van der Waals surface area (Å²) in [6.07, 6.45) is 6.35. The second kappa shape index (κ2) is 9.10. The fourth-order valence-electron chi connectivity index (χ4n) is 6.90. The number of hydrogen-bond donors (Lipinski definition) is 5. The minimum absolute atomic E-state index is 0.0873. The maximum atomic E-state index is 13.8. The first-order valence-corrected chi connectivity index (χ1v) is 13.2. The third kappa shape index (κ3) is 3.73. The molecule has 6 rings (SSSR count). The van der Waals surface area contributed by atoms with E-state index >= 15 is 0 Å². The number of Topliss-reactive ketones (excluding diaryl/α,β-unsaturated/α-hetero) is 2. The molecule has 1 amide bonds. The summed E-state index contributed by atoms with van der Waals surface area (Å²) in [6, 6.07) is 3.68. The average molecular weight is 535 g/mol. The van der Waals surface area contributed by atoms with Crippen LogP contribution in [0.25, 0.3) is 16.9 Å². The number of likely N-dealkylation sites (tertiary alicyclic amines) is 1. The fraction of sp³-hybridized carbons (Fsp3) is 0.414. The Kier molecular flexibility index (Phi) is 5.92. The SMILES string of the molecule is NC(=O)C1=C(O)[C@@]2(O)C(=O)C3=C(O)c4c(O)c(CN5CCCCC5)cc(-c5ccoc5)c4C[C@H]3C[C@H]2CC1=O. The van der Waals surface area contributed by atoms with Gasteiger partial charge in [-0.2, -0.15) is 0 Å². The molecule has 2 fully saturated rings. The Labute approximate surface area is 224 Å². The molecule has 1 saturated heterocycles. The number of carbonyl (C=O) groups excluding carboxylic acids is 3. The first-order valence-electron chi connectivity index (χ1n) is 13.2. The Morgan fingerprint density at radius 1 is 1.13 bits per heavy atom. The van der Waals surface area contributed by atoms with Gasteiger partial charge in [0.2, 0.25) is 5.78 Å². The van der Waals surface area contributed by atoms with E-state index < -0.39 is 52.0 Å². The molecular weight excluding hydrogens is 504 g/mol. The molecule has 0 radical (unpaired) electrons. The number of ketones is 2.